The summed E-state index contributed by atoms with van der Waals surface area (Å²) in [6.07, 6.45) is 7.89. The van der Waals surface area contributed by atoms with Gasteiger partial charge in [-0.15, -0.1) is 11.8 Å². The number of methoxy groups -OCH3 is 1. The fourth-order valence-corrected chi connectivity index (χ4v) is 4.40. The molecule has 3 rings (SSSR count). The van der Waals surface area contributed by atoms with E-state index in [1.165, 1.54) is 10.5 Å². The Balaban J connectivity index is 1.68. The maximum absolute atomic E-state index is 5.24. The first kappa shape index (κ1) is 18.1. The summed E-state index contributed by atoms with van der Waals surface area (Å²) >= 11 is 5.58. The second-order valence-electron chi connectivity index (χ2n) is 5.82. The largest absolute Gasteiger partial charge is 0.497 e. The molecule has 1 aromatic heterocycles. The summed E-state index contributed by atoms with van der Waals surface area (Å²) in [5.41, 5.74) is 1.34. The summed E-state index contributed by atoms with van der Waals surface area (Å²) in [6, 6.07) is 16.8. The molecule has 3 aromatic rings. The van der Waals surface area contributed by atoms with Crippen molar-refractivity contribution in [1.29, 1.82) is 0 Å². The molecule has 1 atom stereocenters. The van der Waals surface area contributed by atoms with Crippen LogP contribution in [-0.2, 0) is 13.0 Å². The predicted molar refractivity (Wildman–Crippen MR) is 107 cm³/mol. The average Bonchev–Trinajstić information content (AvgIpc) is 3.15. The molecule has 0 radical (unpaired) electrons. The van der Waals surface area contributed by atoms with Gasteiger partial charge in [-0.25, -0.2) is 4.98 Å². The molecule has 5 heteroatoms. The van der Waals surface area contributed by atoms with Gasteiger partial charge in [0.05, 0.1) is 13.4 Å². The van der Waals surface area contributed by atoms with Crippen LogP contribution in [0.15, 0.2) is 76.6 Å². The molecule has 0 spiro atoms. The molecule has 130 valence electrons. The Kier molecular flexibility index (Phi) is 6.59. The van der Waals surface area contributed by atoms with Crippen molar-refractivity contribution in [3.05, 3.63) is 77.3 Å². The molecular formula is C20H21BrN2OS. The Morgan fingerprint density at radius 2 is 1.96 bits per heavy atom. The number of benzene rings is 2. The van der Waals surface area contributed by atoms with E-state index in [9.17, 15) is 0 Å². The lowest BCUT2D eigenvalue weighted by atomic mass is 10.1. The van der Waals surface area contributed by atoms with Crippen molar-refractivity contribution >= 4 is 27.7 Å². The third kappa shape index (κ3) is 5.38. The number of imidazole rings is 1. The van der Waals surface area contributed by atoms with Crippen LogP contribution >= 0.6 is 27.7 Å². The molecule has 0 amide bonds. The number of rotatable bonds is 8. The number of aromatic nitrogens is 2. The van der Waals surface area contributed by atoms with E-state index in [-0.39, 0.29) is 0 Å². The maximum Gasteiger partial charge on any atom is 0.118 e. The minimum Gasteiger partial charge on any atom is -0.497 e. The summed E-state index contributed by atoms with van der Waals surface area (Å²) < 4.78 is 8.55. The predicted octanol–water partition coefficient (Wildman–Crippen LogP) is 5.45. The number of ether oxygens (including phenoxy) is 1. The van der Waals surface area contributed by atoms with Crippen molar-refractivity contribution in [3.8, 4) is 5.75 Å². The Bertz CT molecular complexity index is 775. The van der Waals surface area contributed by atoms with Crippen molar-refractivity contribution in [2.45, 2.75) is 29.5 Å². The van der Waals surface area contributed by atoms with Gasteiger partial charge in [0.1, 0.15) is 5.75 Å². The second-order valence-corrected chi connectivity index (χ2v) is 8.01. The van der Waals surface area contributed by atoms with E-state index in [0.29, 0.717) is 5.25 Å². The SMILES string of the molecule is COc1ccc(CCC(Cn2ccnc2)Sc2ccccc2Br)cc1. The number of nitrogens with zero attached hydrogens (tertiary/aromatic N) is 2. The van der Waals surface area contributed by atoms with Gasteiger partial charge in [0, 0.05) is 33.6 Å². The summed E-state index contributed by atoms with van der Waals surface area (Å²) in [5.74, 6) is 0.904. The first-order chi connectivity index (χ1) is 12.2. The van der Waals surface area contributed by atoms with Gasteiger partial charge in [0.25, 0.3) is 0 Å². The molecule has 0 saturated heterocycles. The van der Waals surface area contributed by atoms with Crippen LogP contribution in [0.3, 0.4) is 0 Å². The lowest BCUT2D eigenvalue weighted by Crippen LogP contribution is -2.13. The summed E-state index contributed by atoms with van der Waals surface area (Å²) in [5, 5.41) is 0.468. The zero-order valence-electron chi connectivity index (χ0n) is 14.1. The number of aryl methyl sites for hydroxylation is 1. The molecule has 3 nitrogen and oxygen atoms in total. The van der Waals surface area contributed by atoms with Gasteiger partial charge in [-0.05, 0) is 58.6 Å². The van der Waals surface area contributed by atoms with Crippen LogP contribution in [0.2, 0.25) is 0 Å². The molecular weight excluding hydrogens is 396 g/mol. The smallest absolute Gasteiger partial charge is 0.118 e. The number of thioether (sulfide) groups is 1. The van der Waals surface area contributed by atoms with Crippen LogP contribution < -0.4 is 4.74 Å². The molecule has 1 heterocycles. The van der Waals surface area contributed by atoms with E-state index in [1.807, 2.05) is 42.6 Å². The van der Waals surface area contributed by atoms with Crippen LogP contribution in [0, 0.1) is 0 Å². The van der Waals surface area contributed by atoms with Gasteiger partial charge in [0.2, 0.25) is 0 Å². The highest BCUT2D eigenvalue weighted by molar-refractivity contribution is 9.10. The van der Waals surface area contributed by atoms with Crippen LogP contribution in [0.1, 0.15) is 12.0 Å². The second kappa shape index (κ2) is 9.11. The molecule has 1 unspecified atom stereocenters. The Morgan fingerprint density at radius 3 is 2.64 bits per heavy atom. The molecule has 0 aliphatic rings. The molecule has 0 bridgehead atoms. The van der Waals surface area contributed by atoms with E-state index < -0.39 is 0 Å². The normalized spacial score (nSPS) is 12.1. The summed E-state index contributed by atoms with van der Waals surface area (Å²) in [4.78, 5) is 5.45. The van der Waals surface area contributed by atoms with Gasteiger partial charge < -0.3 is 9.30 Å². The van der Waals surface area contributed by atoms with Gasteiger partial charge >= 0.3 is 0 Å². The van der Waals surface area contributed by atoms with Crippen LogP contribution in [0.4, 0.5) is 0 Å². The molecule has 0 N–H and O–H groups in total. The molecule has 2 aromatic carbocycles. The zero-order valence-corrected chi connectivity index (χ0v) is 16.5. The highest BCUT2D eigenvalue weighted by Gasteiger charge is 2.13. The quantitative estimate of drug-likeness (QED) is 0.456. The standard InChI is InChI=1S/C20H21BrN2OS/c1-24-17-9-6-16(7-10-17)8-11-18(14-23-13-12-22-15-23)25-20-5-3-2-4-19(20)21/h2-7,9-10,12-13,15,18H,8,11,14H2,1H3. The van der Waals surface area contributed by atoms with E-state index >= 15 is 0 Å². The van der Waals surface area contributed by atoms with Gasteiger partial charge in [-0.3, -0.25) is 0 Å². The molecule has 0 saturated carbocycles. The van der Waals surface area contributed by atoms with Gasteiger partial charge in [-0.2, -0.15) is 0 Å². The van der Waals surface area contributed by atoms with Crippen molar-refractivity contribution in [1.82, 2.24) is 9.55 Å². The van der Waals surface area contributed by atoms with Gasteiger partial charge in [-0.1, -0.05) is 24.3 Å². The Morgan fingerprint density at radius 1 is 1.16 bits per heavy atom. The highest BCUT2D eigenvalue weighted by atomic mass is 79.9. The fourth-order valence-electron chi connectivity index (χ4n) is 2.66. The van der Waals surface area contributed by atoms with E-state index in [4.69, 9.17) is 4.74 Å². The lowest BCUT2D eigenvalue weighted by molar-refractivity contribution is 0.414. The van der Waals surface area contributed by atoms with Crippen LogP contribution in [0.25, 0.3) is 0 Å². The van der Waals surface area contributed by atoms with Crippen LogP contribution in [-0.4, -0.2) is 21.9 Å². The molecule has 0 fully saturated rings. The third-order valence-corrected chi connectivity index (χ3v) is 6.30. The summed E-state index contributed by atoms with van der Waals surface area (Å²) in [6.45, 7) is 0.947. The molecule has 25 heavy (non-hydrogen) atoms. The fraction of sp³-hybridized carbons (Fsp3) is 0.250. The summed E-state index contributed by atoms with van der Waals surface area (Å²) in [7, 11) is 1.70. The van der Waals surface area contributed by atoms with E-state index in [1.54, 1.807) is 7.11 Å². The minimum absolute atomic E-state index is 0.468. The van der Waals surface area contributed by atoms with Crippen molar-refractivity contribution in [3.63, 3.8) is 0 Å². The van der Waals surface area contributed by atoms with Crippen LogP contribution in [0.5, 0.6) is 5.75 Å². The number of hydrogen-bond acceptors (Lipinski definition) is 3. The first-order valence-corrected chi connectivity index (χ1v) is 9.91. The highest BCUT2D eigenvalue weighted by Crippen LogP contribution is 2.33. The topological polar surface area (TPSA) is 27.1 Å². The minimum atomic E-state index is 0.468. The van der Waals surface area contributed by atoms with E-state index in [0.717, 1.165) is 29.6 Å². The molecule has 0 aliphatic heterocycles. The lowest BCUT2D eigenvalue weighted by Gasteiger charge is -2.18. The Hall–Kier alpha value is -1.72. The van der Waals surface area contributed by atoms with E-state index in [2.05, 4.69) is 61.9 Å². The van der Waals surface area contributed by atoms with Crippen molar-refractivity contribution in [2.75, 3.05) is 7.11 Å². The molecule has 0 aliphatic carbocycles. The monoisotopic (exact) mass is 416 g/mol. The number of hydrogen-bond donors (Lipinski definition) is 0. The average molecular weight is 417 g/mol. The third-order valence-electron chi connectivity index (χ3n) is 4.02. The first-order valence-electron chi connectivity index (χ1n) is 8.24. The zero-order chi connectivity index (χ0) is 17.5. The van der Waals surface area contributed by atoms with Gasteiger partial charge in [0.15, 0.2) is 0 Å². The Labute approximate surface area is 161 Å². The number of halogens is 1. The van der Waals surface area contributed by atoms with Crippen molar-refractivity contribution < 1.29 is 4.74 Å². The maximum atomic E-state index is 5.24. The van der Waals surface area contributed by atoms with Crippen molar-refractivity contribution in [2.24, 2.45) is 0 Å².